The van der Waals surface area contributed by atoms with E-state index in [0.29, 0.717) is 10.9 Å². The van der Waals surface area contributed by atoms with Crippen molar-refractivity contribution in [3.8, 4) is 5.75 Å². The molecule has 0 atom stereocenters. The van der Waals surface area contributed by atoms with Crippen LogP contribution in [-0.2, 0) is 4.79 Å². The summed E-state index contributed by atoms with van der Waals surface area (Å²) >= 11 is 0. The molecule has 7 heteroatoms. The number of carbonyl (C=O) groups is 2. The van der Waals surface area contributed by atoms with E-state index < -0.39 is 22.8 Å². The maximum atomic E-state index is 13.0. The average molecular weight is 468 g/mol. The Bertz CT molecular complexity index is 1090. The summed E-state index contributed by atoms with van der Waals surface area (Å²) in [6.07, 6.45) is 13.7. The van der Waals surface area contributed by atoms with E-state index in [1.54, 1.807) is 37.3 Å². The second-order valence-electron chi connectivity index (χ2n) is 8.66. The van der Waals surface area contributed by atoms with Crippen LogP contribution in [-0.4, -0.2) is 21.5 Å². The van der Waals surface area contributed by atoms with Crippen molar-refractivity contribution in [2.75, 3.05) is 0 Å². The molecular formula is C27H37N3O4. The molecule has 34 heavy (non-hydrogen) atoms. The Kier molecular flexibility index (Phi) is 11.1. The summed E-state index contributed by atoms with van der Waals surface area (Å²) in [4.78, 5) is 37.8. The van der Waals surface area contributed by atoms with Crippen molar-refractivity contribution in [3.63, 3.8) is 0 Å². The summed E-state index contributed by atoms with van der Waals surface area (Å²) in [6.45, 7) is 7.76. The highest BCUT2D eigenvalue weighted by Gasteiger charge is 2.22. The molecule has 2 aromatic rings. The zero-order valence-corrected chi connectivity index (χ0v) is 20.4. The Morgan fingerprint density at radius 1 is 1.00 bits per heavy atom. The van der Waals surface area contributed by atoms with Gasteiger partial charge < -0.3 is 5.11 Å². The Morgan fingerprint density at radius 2 is 1.62 bits per heavy atom. The molecule has 1 aromatic carbocycles. The zero-order chi connectivity index (χ0) is 24.9. The van der Waals surface area contributed by atoms with Gasteiger partial charge in [-0.1, -0.05) is 82.6 Å². The third-order valence-electron chi connectivity index (χ3n) is 5.65. The SMILES string of the molecule is C=C(C)/C=C/n1c(=O)c(C(=O)NNC(=O)CCCCCCCCCCC)c(O)c2ccccc21. The van der Waals surface area contributed by atoms with Crippen LogP contribution in [0.4, 0.5) is 0 Å². The normalized spacial score (nSPS) is 11.1. The molecule has 0 bridgehead atoms. The summed E-state index contributed by atoms with van der Waals surface area (Å²) in [5, 5.41) is 11.0. The fourth-order valence-corrected chi connectivity index (χ4v) is 3.75. The van der Waals surface area contributed by atoms with Gasteiger partial charge in [-0.25, -0.2) is 0 Å². The van der Waals surface area contributed by atoms with E-state index in [2.05, 4.69) is 24.4 Å². The predicted molar refractivity (Wildman–Crippen MR) is 137 cm³/mol. The first kappa shape index (κ1) is 26.9. The number of allylic oxidation sites excluding steroid dienone is 2. The molecule has 0 aliphatic carbocycles. The standard InChI is InChI=1S/C27H37N3O4/c1-4-5-6-7-8-9-10-11-12-17-23(31)28-29-26(33)24-25(32)21-15-13-14-16-22(21)30(27(24)34)19-18-20(2)3/h13-16,18-19,32H,2,4-12,17H2,1,3H3,(H,28,31)(H,29,33)/b19-18+. The number of unbranched alkanes of at least 4 members (excludes halogenated alkanes) is 8. The number of aromatic hydroxyl groups is 1. The van der Waals surface area contributed by atoms with Crippen LogP contribution in [0.1, 0.15) is 88.4 Å². The van der Waals surface area contributed by atoms with Crippen molar-refractivity contribution in [1.82, 2.24) is 15.4 Å². The van der Waals surface area contributed by atoms with Crippen LogP contribution in [0.3, 0.4) is 0 Å². The van der Waals surface area contributed by atoms with E-state index in [4.69, 9.17) is 0 Å². The van der Waals surface area contributed by atoms with Crippen molar-refractivity contribution in [2.45, 2.75) is 78.1 Å². The monoisotopic (exact) mass is 467 g/mol. The first-order valence-electron chi connectivity index (χ1n) is 12.2. The summed E-state index contributed by atoms with van der Waals surface area (Å²) in [5.41, 5.74) is 4.65. The molecule has 0 aliphatic heterocycles. The Labute approximate surface area is 201 Å². The lowest BCUT2D eigenvalue weighted by molar-refractivity contribution is -0.122. The number of aromatic nitrogens is 1. The molecule has 1 heterocycles. The van der Waals surface area contributed by atoms with E-state index in [1.165, 1.54) is 49.3 Å². The second kappa shape index (κ2) is 14.0. The van der Waals surface area contributed by atoms with Crippen LogP contribution in [0.15, 0.2) is 47.3 Å². The summed E-state index contributed by atoms with van der Waals surface area (Å²) in [7, 11) is 0. The van der Waals surface area contributed by atoms with Crippen molar-refractivity contribution in [3.05, 3.63) is 58.4 Å². The van der Waals surface area contributed by atoms with Crippen molar-refractivity contribution >= 4 is 28.9 Å². The molecule has 3 N–H and O–H groups in total. The third-order valence-corrected chi connectivity index (χ3v) is 5.65. The Balaban J connectivity index is 1.95. The topological polar surface area (TPSA) is 100 Å². The first-order chi connectivity index (χ1) is 16.4. The van der Waals surface area contributed by atoms with Gasteiger partial charge >= 0.3 is 0 Å². The number of nitrogens with zero attached hydrogens (tertiary/aromatic N) is 1. The van der Waals surface area contributed by atoms with Gasteiger partial charge in [0.1, 0.15) is 11.3 Å². The summed E-state index contributed by atoms with van der Waals surface area (Å²) in [5.74, 6) is -1.63. The lowest BCUT2D eigenvalue weighted by Gasteiger charge is -2.13. The van der Waals surface area contributed by atoms with E-state index >= 15 is 0 Å². The number of rotatable bonds is 13. The zero-order valence-electron chi connectivity index (χ0n) is 20.4. The smallest absolute Gasteiger partial charge is 0.279 e. The molecular weight excluding hydrogens is 430 g/mol. The summed E-state index contributed by atoms with van der Waals surface area (Å²) in [6, 6.07) is 6.73. The number of para-hydroxylation sites is 1. The van der Waals surface area contributed by atoms with Gasteiger partial charge in [-0.15, -0.1) is 0 Å². The van der Waals surface area contributed by atoms with Crippen LogP contribution in [0, 0.1) is 0 Å². The number of hydrazine groups is 1. The fourth-order valence-electron chi connectivity index (χ4n) is 3.75. The minimum absolute atomic E-state index is 0.283. The predicted octanol–water partition coefficient (Wildman–Crippen LogP) is 5.44. The van der Waals surface area contributed by atoms with Gasteiger partial charge in [0.25, 0.3) is 11.5 Å². The molecule has 0 saturated heterocycles. The molecule has 2 amide bonds. The highest BCUT2D eigenvalue weighted by atomic mass is 16.3. The van der Waals surface area contributed by atoms with Crippen molar-refractivity contribution < 1.29 is 14.7 Å². The van der Waals surface area contributed by atoms with Gasteiger partial charge in [0.2, 0.25) is 5.91 Å². The van der Waals surface area contributed by atoms with E-state index in [9.17, 15) is 19.5 Å². The number of fused-ring (bicyclic) bond motifs is 1. The molecule has 0 aliphatic rings. The molecule has 7 nitrogen and oxygen atoms in total. The van der Waals surface area contributed by atoms with Gasteiger partial charge in [0, 0.05) is 18.0 Å². The largest absolute Gasteiger partial charge is 0.506 e. The van der Waals surface area contributed by atoms with Gasteiger partial charge in [-0.2, -0.15) is 0 Å². The maximum Gasteiger partial charge on any atom is 0.279 e. The second-order valence-corrected chi connectivity index (χ2v) is 8.66. The number of nitrogens with one attached hydrogen (secondary N) is 2. The maximum absolute atomic E-state index is 13.0. The van der Waals surface area contributed by atoms with Crippen LogP contribution in [0.2, 0.25) is 0 Å². The van der Waals surface area contributed by atoms with Crippen LogP contribution in [0.5, 0.6) is 5.75 Å². The lowest BCUT2D eigenvalue weighted by atomic mass is 10.1. The minimum Gasteiger partial charge on any atom is -0.506 e. The van der Waals surface area contributed by atoms with Gasteiger partial charge in [0.05, 0.1) is 5.52 Å². The van der Waals surface area contributed by atoms with Crippen molar-refractivity contribution in [2.24, 2.45) is 0 Å². The van der Waals surface area contributed by atoms with Crippen LogP contribution in [0.25, 0.3) is 17.1 Å². The molecule has 0 fully saturated rings. The number of hydrogen-bond donors (Lipinski definition) is 3. The van der Waals surface area contributed by atoms with E-state index in [0.717, 1.165) is 24.8 Å². The number of amides is 2. The quantitative estimate of drug-likeness (QED) is 0.208. The average Bonchev–Trinajstić information content (AvgIpc) is 2.81. The van der Waals surface area contributed by atoms with E-state index in [-0.39, 0.29) is 12.3 Å². The van der Waals surface area contributed by atoms with Gasteiger partial charge in [0.15, 0.2) is 0 Å². The van der Waals surface area contributed by atoms with E-state index in [1.807, 2.05) is 0 Å². The molecule has 2 rings (SSSR count). The van der Waals surface area contributed by atoms with Crippen LogP contribution >= 0.6 is 0 Å². The molecule has 184 valence electrons. The fraction of sp³-hybridized carbons (Fsp3) is 0.444. The highest BCUT2D eigenvalue weighted by molar-refractivity contribution is 6.03. The molecule has 0 radical (unpaired) electrons. The Morgan fingerprint density at radius 3 is 2.26 bits per heavy atom. The lowest BCUT2D eigenvalue weighted by Crippen LogP contribution is -2.43. The minimum atomic E-state index is -0.869. The van der Waals surface area contributed by atoms with Gasteiger partial charge in [-0.3, -0.25) is 29.8 Å². The molecule has 0 saturated carbocycles. The number of pyridine rings is 1. The molecule has 0 unspecified atom stereocenters. The van der Waals surface area contributed by atoms with Crippen molar-refractivity contribution in [1.29, 1.82) is 0 Å². The number of hydrogen-bond acceptors (Lipinski definition) is 4. The molecule has 0 spiro atoms. The van der Waals surface area contributed by atoms with Crippen LogP contribution < -0.4 is 16.4 Å². The number of carbonyl (C=O) groups excluding carboxylic acids is 2. The highest BCUT2D eigenvalue weighted by Crippen LogP contribution is 2.26. The summed E-state index contributed by atoms with van der Waals surface area (Å²) < 4.78 is 1.28. The molecule has 1 aromatic heterocycles. The first-order valence-corrected chi connectivity index (χ1v) is 12.2. The Hall–Kier alpha value is -3.35. The van der Waals surface area contributed by atoms with Gasteiger partial charge in [-0.05, 0) is 31.6 Å². The third kappa shape index (κ3) is 7.90. The number of benzene rings is 1.